The summed E-state index contributed by atoms with van der Waals surface area (Å²) in [6.45, 7) is 3.88. The molecule has 1 amide bonds. The summed E-state index contributed by atoms with van der Waals surface area (Å²) < 4.78 is 4.91. The highest BCUT2D eigenvalue weighted by Gasteiger charge is 2.11. The predicted molar refractivity (Wildman–Crippen MR) is 85.9 cm³/mol. The van der Waals surface area contributed by atoms with Gasteiger partial charge < -0.3 is 15.8 Å². The quantitative estimate of drug-likeness (QED) is 0.671. The molecule has 2 aromatic carbocycles. The van der Waals surface area contributed by atoms with Crippen molar-refractivity contribution in [3.8, 4) is 0 Å². The Balaban J connectivity index is 2.12. The van der Waals surface area contributed by atoms with E-state index in [1.165, 1.54) is 0 Å². The van der Waals surface area contributed by atoms with Gasteiger partial charge in [0.2, 0.25) is 0 Å². The molecule has 0 aliphatic heterocycles. The van der Waals surface area contributed by atoms with E-state index in [4.69, 9.17) is 10.5 Å². The van der Waals surface area contributed by atoms with Crippen LogP contribution in [0.5, 0.6) is 0 Å². The van der Waals surface area contributed by atoms with Crippen molar-refractivity contribution in [3.05, 3.63) is 59.2 Å². The maximum absolute atomic E-state index is 12.3. The minimum atomic E-state index is -0.382. The number of anilines is 2. The number of ether oxygens (including phenoxy) is 1. The minimum absolute atomic E-state index is 0.242. The second kappa shape index (κ2) is 6.76. The van der Waals surface area contributed by atoms with Crippen molar-refractivity contribution in [2.75, 3.05) is 17.7 Å². The molecule has 114 valence electrons. The van der Waals surface area contributed by atoms with Gasteiger partial charge >= 0.3 is 5.97 Å². The smallest absolute Gasteiger partial charge is 0.338 e. The zero-order valence-corrected chi connectivity index (χ0v) is 12.6. The van der Waals surface area contributed by atoms with Gasteiger partial charge in [-0.2, -0.15) is 0 Å². The molecule has 0 saturated carbocycles. The molecule has 5 heteroatoms. The van der Waals surface area contributed by atoms with Crippen molar-refractivity contribution in [1.82, 2.24) is 0 Å². The minimum Gasteiger partial charge on any atom is -0.462 e. The molecule has 0 aromatic heterocycles. The van der Waals surface area contributed by atoms with Crippen LogP contribution in [0.2, 0.25) is 0 Å². The molecule has 0 heterocycles. The standard InChI is InChI=1S/C17H18N2O3/c1-3-22-17(21)12-7-9-13(10-8-12)19-16(20)14-5-4-6-15(18)11(14)2/h4-10H,3,18H2,1-2H3,(H,19,20). The molecule has 0 radical (unpaired) electrons. The van der Waals surface area contributed by atoms with E-state index in [1.807, 2.05) is 0 Å². The first kappa shape index (κ1) is 15.6. The van der Waals surface area contributed by atoms with Crippen LogP contribution in [-0.2, 0) is 4.74 Å². The summed E-state index contributed by atoms with van der Waals surface area (Å²) in [4.78, 5) is 23.8. The third-order valence-electron chi connectivity index (χ3n) is 3.27. The molecule has 0 saturated heterocycles. The number of carbonyl (C=O) groups excluding carboxylic acids is 2. The number of carbonyl (C=O) groups is 2. The summed E-state index contributed by atoms with van der Waals surface area (Å²) >= 11 is 0. The first-order valence-electron chi connectivity index (χ1n) is 6.96. The summed E-state index contributed by atoms with van der Waals surface area (Å²) in [5.74, 6) is -0.624. The van der Waals surface area contributed by atoms with Gasteiger partial charge in [-0.3, -0.25) is 4.79 Å². The molecule has 0 aliphatic rings. The van der Waals surface area contributed by atoms with Crippen molar-refractivity contribution in [2.45, 2.75) is 13.8 Å². The van der Waals surface area contributed by atoms with E-state index in [-0.39, 0.29) is 11.9 Å². The van der Waals surface area contributed by atoms with Gasteiger partial charge in [-0.05, 0) is 55.8 Å². The van der Waals surface area contributed by atoms with Crippen LogP contribution in [0.15, 0.2) is 42.5 Å². The summed E-state index contributed by atoms with van der Waals surface area (Å²) in [7, 11) is 0. The maximum Gasteiger partial charge on any atom is 0.338 e. The lowest BCUT2D eigenvalue weighted by Crippen LogP contribution is -2.14. The molecular formula is C17H18N2O3. The molecule has 2 aromatic rings. The van der Waals surface area contributed by atoms with Crippen LogP contribution in [-0.4, -0.2) is 18.5 Å². The lowest BCUT2D eigenvalue weighted by molar-refractivity contribution is 0.0526. The summed E-state index contributed by atoms with van der Waals surface area (Å²) in [5, 5.41) is 2.78. The zero-order valence-electron chi connectivity index (χ0n) is 12.6. The topological polar surface area (TPSA) is 81.4 Å². The third-order valence-corrected chi connectivity index (χ3v) is 3.27. The van der Waals surface area contributed by atoms with Crippen molar-refractivity contribution >= 4 is 23.3 Å². The number of benzene rings is 2. The maximum atomic E-state index is 12.3. The van der Waals surface area contributed by atoms with E-state index in [0.29, 0.717) is 29.1 Å². The highest BCUT2D eigenvalue weighted by atomic mass is 16.5. The Morgan fingerprint density at radius 2 is 1.82 bits per heavy atom. The summed E-state index contributed by atoms with van der Waals surface area (Å²) in [6.07, 6.45) is 0. The average molecular weight is 298 g/mol. The van der Waals surface area contributed by atoms with Crippen LogP contribution >= 0.6 is 0 Å². The fourth-order valence-electron chi connectivity index (χ4n) is 2.00. The molecule has 0 atom stereocenters. The van der Waals surface area contributed by atoms with Crippen LogP contribution in [0, 0.1) is 6.92 Å². The number of nitrogens with two attached hydrogens (primary N) is 1. The lowest BCUT2D eigenvalue weighted by Gasteiger charge is -2.10. The van der Waals surface area contributed by atoms with Crippen LogP contribution in [0.4, 0.5) is 11.4 Å². The van der Waals surface area contributed by atoms with Crippen LogP contribution in [0.25, 0.3) is 0 Å². The van der Waals surface area contributed by atoms with E-state index < -0.39 is 0 Å². The van der Waals surface area contributed by atoms with Crippen molar-refractivity contribution in [3.63, 3.8) is 0 Å². The van der Waals surface area contributed by atoms with Gasteiger partial charge in [0.05, 0.1) is 12.2 Å². The van der Waals surface area contributed by atoms with E-state index in [1.54, 1.807) is 56.3 Å². The van der Waals surface area contributed by atoms with Crippen LogP contribution < -0.4 is 11.1 Å². The van der Waals surface area contributed by atoms with Gasteiger partial charge in [-0.15, -0.1) is 0 Å². The SMILES string of the molecule is CCOC(=O)c1ccc(NC(=O)c2cccc(N)c2C)cc1. The third kappa shape index (κ3) is 3.44. The fraction of sp³-hybridized carbons (Fsp3) is 0.176. The Hall–Kier alpha value is -2.82. The Kier molecular flexibility index (Phi) is 4.78. The van der Waals surface area contributed by atoms with E-state index in [2.05, 4.69) is 5.32 Å². The predicted octanol–water partition coefficient (Wildman–Crippen LogP) is 3.01. The molecule has 22 heavy (non-hydrogen) atoms. The fourth-order valence-corrected chi connectivity index (χ4v) is 2.00. The summed E-state index contributed by atoms with van der Waals surface area (Å²) in [6, 6.07) is 11.7. The monoisotopic (exact) mass is 298 g/mol. The Labute approximate surface area is 129 Å². The van der Waals surface area contributed by atoms with Gasteiger partial charge in [0.15, 0.2) is 0 Å². The number of hydrogen-bond donors (Lipinski definition) is 2. The summed E-state index contributed by atoms with van der Waals surface area (Å²) in [5.41, 5.74) is 8.68. The first-order valence-corrected chi connectivity index (χ1v) is 6.96. The second-order valence-electron chi connectivity index (χ2n) is 4.77. The van der Waals surface area contributed by atoms with Gasteiger partial charge in [-0.1, -0.05) is 6.07 Å². The first-order chi connectivity index (χ1) is 10.5. The number of esters is 1. The molecule has 0 aliphatic carbocycles. The van der Waals surface area contributed by atoms with E-state index in [0.717, 1.165) is 5.56 Å². The van der Waals surface area contributed by atoms with E-state index >= 15 is 0 Å². The second-order valence-corrected chi connectivity index (χ2v) is 4.77. The van der Waals surface area contributed by atoms with Crippen molar-refractivity contribution in [2.24, 2.45) is 0 Å². The van der Waals surface area contributed by atoms with Crippen molar-refractivity contribution in [1.29, 1.82) is 0 Å². The van der Waals surface area contributed by atoms with Crippen molar-refractivity contribution < 1.29 is 14.3 Å². The molecular weight excluding hydrogens is 280 g/mol. The molecule has 2 rings (SSSR count). The average Bonchev–Trinajstić information content (AvgIpc) is 2.51. The van der Waals surface area contributed by atoms with Crippen LogP contribution in [0.1, 0.15) is 33.2 Å². The molecule has 0 spiro atoms. The molecule has 0 fully saturated rings. The number of hydrogen-bond acceptors (Lipinski definition) is 4. The molecule has 0 unspecified atom stereocenters. The highest BCUT2D eigenvalue weighted by molar-refractivity contribution is 6.06. The zero-order chi connectivity index (χ0) is 16.1. The Bertz CT molecular complexity index is 694. The van der Waals surface area contributed by atoms with Gasteiger partial charge in [-0.25, -0.2) is 4.79 Å². The molecule has 5 nitrogen and oxygen atoms in total. The highest BCUT2D eigenvalue weighted by Crippen LogP contribution is 2.18. The number of nitrogen functional groups attached to an aromatic ring is 1. The van der Waals surface area contributed by atoms with E-state index in [9.17, 15) is 9.59 Å². The van der Waals surface area contributed by atoms with Gasteiger partial charge in [0.1, 0.15) is 0 Å². The number of rotatable bonds is 4. The Morgan fingerprint density at radius 1 is 1.14 bits per heavy atom. The van der Waals surface area contributed by atoms with Crippen LogP contribution in [0.3, 0.4) is 0 Å². The lowest BCUT2D eigenvalue weighted by atomic mass is 10.1. The van der Waals surface area contributed by atoms with Gasteiger partial charge in [0.25, 0.3) is 5.91 Å². The normalized spacial score (nSPS) is 10.1. The largest absolute Gasteiger partial charge is 0.462 e. The molecule has 0 bridgehead atoms. The molecule has 3 N–H and O–H groups in total. The Morgan fingerprint density at radius 3 is 2.45 bits per heavy atom. The number of amides is 1. The number of nitrogens with one attached hydrogen (secondary N) is 1. The van der Waals surface area contributed by atoms with Gasteiger partial charge in [0, 0.05) is 16.9 Å².